The van der Waals surface area contributed by atoms with E-state index in [1.807, 2.05) is 40.1 Å². The number of aryl methyl sites for hydroxylation is 4. The molecule has 3 aromatic heterocycles. The summed E-state index contributed by atoms with van der Waals surface area (Å²) in [6, 6.07) is 1.93. The first-order valence-corrected chi connectivity index (χ1v) is 7.05. The van der Waals surface area contributed by atoms with Crippen LogP contribution >= 0.6 is 0 Å². The lowest BCUT2D eigenvalue weighted by Gasteiger charge is -2.04. The van der Waals surface area contributed by atoms with E-state index in [-0.39, 0.29) is 5.91 Å². The van der Waals surface area contributed by atoms with Gasteiger partial charge >= 0.3 is 0 Å². The average Bonchev–Trinajstić information content (AvgIpc) is 2.99. The van der Waals surface area contributed by atoms with Gasteiger partial charge in [0.1, 0.15) is 5.56 Å². The summed E-state index contributed by atoms with van der Waals surface area (Å²) in [5.41, 5.74) is 4.78. The third-order valence-corrected chi connectivity index (χ3v) is 3.58. The van der Waals surface area contributed by atoms with E-state index in [1.165, 1.54) is 0 Å². The molecule has 1 N–H and O–H groups in total. The minimum atomic E-state index is -0.184. The van der Waals surface area contributed by atoms with Crippen LogP contribution in [0.3, 0.4) is 0 Å². The van der Waals surface area contributed by atoms with Gasteiger partial charge < -0.3 is 5.32 Å². The molecule has 22 heavy (non-hydrogen) atoms. The van der Waals surface area contributed by atoms with Crippen molar-refractivity contribution in [3.63, 3.8) is 0 Å². The molecule has 7 nitrogen and oxygen atoms in total. The largest absolute Gasteiger partial charge is 0.348 e. The first kappa shape index (κ1) is 14.2. The smallest absolute Gasteiger partial charge is 0.257 e. The van der Waals surface area contributed by atoms with E-state index < -0.39 is 0 Å². The number of carbonyl (C=O) groups is 1. The number of amides is 1. The van der Waals surface area contributed by atoms with Gasteiger partial charge in [-0.1, -0.05) is 0 Å². The summed E-state index contributed by atoms with van der Waals surface area (Å²) < 4.78 is 3.41. The molecule has 3 rings (SSSR count). The SMILES string of the molecule is Cc1cc(C)n2ncc(C(=O)NCc3cn(C)nc3C)c2n1. The monoisotopic (exact) mass is 298 g/mol. The summed E-state index contributed by atoms with van der Waals surface area (Å²) in [6.45, 7) is 6.20. The highest BCUT2D eigenvalue weighted by molar-refractivity contribution is 5.99. The molecule has 0 aliphatic rings. The molecule has 0 aromatic carbocycles. The summed E-state index contributed by atoms with van der Waals surface area (Å²) in [7, 11) is 1.86. The second-order valence-corrected chi connectivity index (χ2v) is 5.43. The highest BCUT2D eigenvalue weighted by Gasteiger charge is 2.15. The first-order valence-electron chi connectivity index (χ1n) is 7.05. The van der Waals surface area contributed by atoms with Crippen LogP contribution in [0.25, 0.3) is 5.65 Å². The Morgan fingerprint density at radius 3 is 2.77 bits per heavy atom. The Morgan fingerprint density at radius 1 is 1.32 bits per heavy atom. The Kier molecular flexibility index (Phi) is 3.40. The van der Waals surface area contributed by atoms with E-state index in [4.69, 9.17) is 0 Å². The fourth-order valence-corrected chi connectivity index (χ4v) is 2.52. The van der Waals surface area contributed by atoms with Crippen molar-refractivity contribution in [2.75, 3.05) is 0 Å². The fourth-order valence-electron chi connectivity index (χ4n) is 2.52. The average molecular weight is 298 g/mol. The van der Waals surface area contributed by atoms with Crippen molar-refractivity contribution in [1.82, 2.24) is 29.7 Å². The molecular weight excluding hydrogens is 280 g/mol. The Balaban J connectivity index is 1.85. The number of hydrogen-bond donors (Lipinski definition) is 1. The van der Waals surface area contributed by atoms with Crippen LogP contribution < -0.4 is 5.32 Å². The summed E-state index contributed by atoms with van der Waals surface area (Å²) in [5.74, 6) is -0.184. The van der Waals surface area contributed by atoms with Crippen LogP contribution in [0.1, 0.15) is 33.0 Å². The zero-order valence-corrected chi connectivity index (χ0v) is 13.1. The number of nitrogens with zero attached hydrogens (tertiary/aromatic N) is 5. The van der Waals surface area contributed by atoms with Crippen LogP contribution in [-0.4, -0.2) is 30.3 Å². The van der Waals surface area contributed by atoms with Gasteiger partial charge in [-0.05, 0) is 26.8 Å². The van der Waals surface area contributed by atoms with Gasteiger partial charge in [-0.15, -0.1) is 0 Å². The second-order valence-electron chi connectivity index (χ2n) is 5.43. The molecule has 0 radical (unpaired) electrons. The molecule has 0 bridgehead atoms. The minimum absolute atomic E-state index is 0.184. The predicted octanol–water partition coefficient (Wildman–Crippen LogP) is 1.32. The molecule has 0 saturated heterocycles. The fraction of sp³-hybridized carbons (Fsp3) is 0.333. The summed E-state index contributed by atoms with van der Waals surface area (Å²) in [4.78, 5) is 16.8. The van der Waals surface area contributed by atoms with Crippen LogP contribution in [0.2, 0.25) is 0 Å². The number of carbonyl (C=O) groups excluding carboxylic acids is 1. The van der Waals surface area contributed by atoms with Crippen LogP contribution in [0, 0.1) is 20.8 Å². The standard InChI is InChI=1S/C15H18N6O/c1-9-5-10(2)21-14(18-9)13(7-17-21)15(22)16-6-12-8-20(4)19-11(12)3/h5,7-8H,6H2,1-4H3,(H,16,22). The number of rotatable bonds is 3. The predicted molar refractivity (Wildman–Crippen MR) is 81.6 cm³/mol. The number of fused-ring (bicyclic) bond motifs is 1. The normalized spacial score (nSPS) is 11.1. The topological polar surface area (TPSA) is 77.1 Å². The lowest BCUT2D eigenvalue weighted by molar-refractivity contribution is 0.0952. The van der Waals surface area contributed by atoms with Crippen LogP contribution in [0.5, 0.6) is 0 Å². The van der Waals surface area contributed by atoms with Gasteiger partial charge in [-0.3, -0.25) is 9.48 Å². The van der Waals surface area contributed by atoms with E-state index in [9.17, 15) is 4.79 Å². The van der Waals surface area contributed by atoms with Gasteiger partial charge in [0, 0.05) is 36.7 Å². The molecule has 1 amide bonds. The van der Waals surface area contributed by atoms with Crippen LogP contribution in [0.4, 0.5) is 0 Å². The van der Waals surface area contributed by atoms with Gasteiger partial charge in [0.2, 0.25) is 0 Å². The highest BCUT2D eigenvalue weighted by atomic mass is 16.1. The van der Waals surface area contributed by atoms with Crippen molar-refractivity contribution in [3.05, 3.63) is 46.7 Å². The Morgan fingerprint density at radius 2 is 2.09 bits per heavy atom. The lowest BCUT2D eigenvalue weighted by Crippen LogP contribution is -2.23. The van der Waals surface area contributed by atoms with Crippen molar-refractivity contribution in [1.29, 1.82) is 0 Å². The van der Waals surface area contributed by atoms with Gasteiger partial charge in [-0.25, -0.2) is 9.50 Å². The van der Waals surface area contributed by atoms with Crippen LogP contribution in [0.15, 0.2) is 18.5 Å². The molecule has 0 spiro atoms. The maximum Gasteiger partial charge on any atom is 0.257 e. The third kappa shape index (κ3) is 2.45. The van der Waals surface area contributed by atoms with E-state index >= 15 is 0 Å². The van der Waals surface area contributed by atoms with Crippen molar-refractivity contribution >= 4 is 11.6 Å². The molecule has 0 saturated carbocycles. The van der Waals surface area contributed by atoms with Crippen LogP contribution in [-0.2, 0) is 13.6 Å². The van der Waals surface area contributed by atoms with E-state index in [1.54, 1.807) is 15.4 Å². The molecule has 0 aliphatic carbocycles. The maximum absolute atomic E-state index is 12.4. The molecule has 7 heteroatoms. The van der Waals surface area contributed by atoms with Crippen molar-refractivity contribution in [2.45, 2.75) is 27.3 Å². The molecule has 0 aliphatic heterocycles. The molecule has 114 valence electrons. The summed E-state index contributed by atoms with van der Waals surface area (Å²) in [6.07, 6.45) is 3.46. The number of aromatic nitrogens is 5. The number of nitrogens with one attached hydrogen (secondary N) is 1. The lowest BCUT2D eigenvalue weighted by atomic mass is 10.2. The molecule has 3 aromatic rings. The number of hydrogen-bond acceptors (Lipinski definition) is 4. The molecular formula is C15H18N6O. The van der Waals surface area contributed by atoms with Crippen molar-refractivity contribution in [2.24, 2.45) is 7.05 Å². The van der Waals surface area contributed by atoms with Gasteiger partial charge in [0.25, 0.3) is 5.91 Å². The Bertz CT molecular complexity index is 860. The summed E-state index contributed by atoms with van der Waals surface area (Å²) in [5, 5.41) is 11.4. The maximum atomic E-state index is 12.4. The molecule has 0 fully saturated rings. The Labute approximate surface area is 128 Å². The van der Waals surface area contributed by atoms with E-state index in [0.717, 1.165) is 22.6 Å². The minimum Gasteiger partial charge on any atom is -0.348 e. The van der Waals surface area contributed by atoms with Crippen molar-refractivity contribution < 1.29 is 4.79 Å². The zero-order valence-electron chi connectivity index (χ0n) is 13.1. The Hall–Kier alpha value is -2.70. The van der Waals surface area contributed by atoms with Crippen molar-refractivity contribution in [3.8, 4) is 0 Å². The van der Waals surface area contributed by atoms with E-state index in [0.29, 0.717) is 17.8 Å². The molecule has 0 unspecified atom stereocenters. The molecule has 3 heterocycles. The van der Waals surface area contributed by atoms with Gasteiger partial charge in [0.05, 0.1) is 11.9 Å². The second kappa shape index (κ2) is 5.25. The summed E-state index contributed by atoms with van der Waals surface area (Å²) >= 11 is 0. The third-order valence-electron chi connectivity index (χ3n) is 3.58. The highest BCUT2D eigenvalue weighted by Crippen LogP contribution is 2.12. The molecule has 0 atom stereocenters. The van der Waals surface area contributed by atoms with Gasteiger partial charge in [-0.2, -0.15) is 10.2 Å². The quantitative estimate of drug-likeness (QED) is 0.791. The zero-order chi connectivity index (χ0) is 15.9. The van der Waals surface area contributed by atoms with E-state index in [2.05, 4.69) is 20.5 Å². The first-order chi connectivity index (χ1) is 10.5. The van der Waals surface area contributed by atoms with Gasteiger partial charge in [0.15, 0.2) is 5.65 Å².